The van der Waals surface area contributed by atoms with E-state index in [1.54, 1.807) is 0 Å². The van der Waals surface area contributed by atoms with Gasteiger partial charge in [-0.3, -0.25) is 4.79 Å². The third-order valence-electron chi connectivity index (χ3n) is 2.54. The minimum atomic E-state index is -2.90. The molecule has 0 saturated carbocycles. The molecule has 116 valence electrons. The van der Waals surface area contributed by atoms with Crippen LogP contribution >= 0.6 is 0 Å². The third-order valence-corrected chi connectivity index (χ3v) is 2.54. The summed E-state index contributed by atoms with van der Waals surface area (Å²) < 4.78 is 28.1. The molecule has 1 amide bonds. The predicted octanol–water partition coefficient (Wildman–Crippen LogP) is 0.782. The van der Waals surface area contributed by atoms with Gasteiger partial charge in [-0.25, -0.2) is 4.79 Å². The van der Waals surface area contributed by atoms with Crippen LogP contribution in [0.3, 0.4) is 0 Å². The summed E-state index contributed by atoms with van der Waals surface area (Å²) in [6.45, 7) is -2.88. The first kappa shape index (κ1) is 16.8. The maximum absolute atomic E-state index is 11.9. The molecule has 0 bridgehead atoms. The number of aliphatic carboxylic acids is 1. The zero-order valence-electron chi connectivity index (χ0n) is 11.0. The molecule has 6 nitrogen and oxygen atoms in total. The topological polar surface area (TPSA) is 95.9 Å². The second-order valence-corrected chi connectivity index (χ2v) is 4.19. The molecule has 0 heterocycles. The van der Waals surface area contributed by atoms with Crippen LogP contribution < -0.4 is 10.1 Å². The monoisotopic (exact) mass is 303 g/mol. The summed E-state index contributed by atoms with van der Waals surface area (Å²) in [5, 5.41) is 19.9. The summed E-state index contributed by atoms with van der Waals surface area (Å²) in [5.41, 5.74) is 0.591. The molecule has 1 unspecified atom stereocenters. The van der Waals surface area contributed by atoms with Gasteiger partial charge in [-0.1, -0.05) is 12.1 Å². The molecular weight excluding hydrogens is 288 g/mol. The highest BCUT2D eigenvalue weighted by Crippen LogP contribution is 2.15. The normalized spacial score (nSPS) is 12.0. The van der Waals surface area contributed by atoms with Crippen molar-refractivity contribution in [2.24, 2.45) is 0 Å². The number of carbonyl (C=O) groups excluding carboxylic acids is 1. The first-order valence-electron chi connectivity index (χ1n) is 6.10. The number of rotatable bonds is 8. The van der Waals surface area contributed by atoms with Crippen LogP contribution in [0.5, 0.6) is 5.75 Å². The number of carboxylic acid groups (broad SMARTS) is 1. The smallest absolute Gasteiger partial charge is 0.387 e. The van der Waals surface area contributed by atoms with E-state index in [1.165, 1.54) is 24.3 Å². The zero-order chi connectivity index (χ0) is 15.8. The van der Waals surface area contributed by atoms with Crippen molar-refractivity contribution in [1.29, 1.82) is 0 Å². The number of aliphatic hydroxyl groups excluding tert-OH is 1. The Kier molecular flexibility index (Phi) is 6.54. The fourth-order valence-corrected chi connectivity index (χ4v) is 1.51. The van der Waals surface area contributed by atoms with Gasteiger partial charge in [0.05, 0.1) is 6.42 Å². The Morgan fingerprint density at radius 1 is 1.24 bits per heavy atom. The van der Waals surface area contributed by atoms with Gasteiger partial charge in [-0.2, -0.15) is 8.78 Å². The molecule has 1 atom stereocenters. The van der Waals surface area contributed by atoms with Gasteiger partial charge in [0.15, 0.2) is 6.10 Å². The van der Waals surface area contributed by atoms with Crippen LogP contribution in [0.4, 0.5) is 8.78 Å². The Morgan fingerprint density at radius 2 is 1.86 bits per heavy atom. The number of hydrogen-bond acceptors (Lipinski definition) is 4. The fraction of sp³-hybridized carbons (Fsp3) is 0.385. The van der Waals surface area contributed by atoms with E-state index in [1.807, 2.05) is 0 Å². The van der Waals surface area contributed by atoms with Crippen LogP contribution in [0.2, 0.25) is 0 Å². The molecule has 0 fully saturated rings. The lowest BCUT2D eigenvalue weighted by Gasteiger charge is -2.08. The molecular formula is C13H15F2NO5. The highest BCUT2D eigenvalue weighted by Gasteiger charge is 2.13. The molecule has 0 saturated heterocycles. The summed E-state index contributed by atoms with van der Waals surface area (Å²) in [7, 11) is 0. The molecule has 0 aliphatic rings. The van der Waals surface area contributed by atoms with Crippen molar-refractivity contribution in [2.45, 2.75) is 25.6 Å². The van der Waals surface area contributed by atoms with E-state index in [0.29, 0.717) is 5.56 Å². The number of nitrogens with one attached hydrogen (secondary N) is 1. The van der Waals surface area contributed by atoms with Crippen molar-refractivity contribution >= 4 is 11.9 Å². The molecule has 0 aromatic heterocycles. The molecule has 1 rings (SSSR count). The van der Waals surface area contributed by atoms with Crippen LogP contribution in [0.25, 0.3) is 0 Å². The van der Waals surface area contributed by atoms with Crippen molar-refractivity contribution < 1.29 is 33.3 Å². The molecule has 0 radical (unpaired) electrons. The number of hydrogen-bond donors (Lipinski definition) is 3. The highest BCUT2D eigenvalue weighted by atomic mass is 19.3. The average molecular weight is 303 g/mol. The summed E-state index contributed by atoms with van der Waals surface area (Å²) in [5.74, 6) is -1.72. The number of amides is 1. The SMILES string of the molecule is O=C(Cc1ccc(OC(F)F)cc1)NCCC(O)C(=O)O. The maximum Gasteiger partial charge on any atom is 0.387 e. The maximum atomic E-state index is 11.9. The van der Waals surface area contributed by atoms with E-state index < -0.39 is 18.7 Å². The fourth-order valence-electron chi connectivity index (χ4n) is 1.51. The van der Waals surface area contributed by atoms with Crippen LogP contribution in [0, 0.1) is 0 Å². The molecule has 0 aliphatic carbocycles. The van der Waals surface area contributed by atoms with E-state index in [4.69, 9.17) is 10.2 Å². The molecule has 8 heteroatoms. The lowest BCUT2D eigenvalue weighted by atomic mass is 10.1. The second kappa shape index (κ2) is 8.15. The van der Waals surface area contributed by atoms with Crippen molar-refractivity contribution in [3.8, 4) is 5.75 Å². The minimum Gasteiger partial charge on any atom is -0.479 e. The van der Waals surface area contributed by atoms with Crippen LogP contribution in [-0.2, 0) is 16.0 Å². The van der Waals surface area contributed by atoms with Crippen molar-refractivity contribution in [1.82, 2.24) is 5.32 Å². The quantitative estimate of drug-likeness (QED) is 0.659. The van der Waals surface area contributed by atoms with Crippen molar-refractivity contribution in [2.75, 3.05) is 6.54 Å². The first-order valence-corrected chi connectivity index (χ1v) is 6.10. The van der Waals surface area contributed by atoms with Gasteiger partial charge in [0.2, 0.25) is 5.91 Å². The lowest BCUT2D eigenvalue weighted by molar-refractivity contribution is -0.147. The molecule has 3 N–H and O–H groups in total. The van der Waals surface area contributed by atoms with Gasteiger partial charge in [0.1, 0.15) is 5.75 Å². The number of carbonyl (C=O) groups is 2. The summed E-state index contributed by atoms with van der Waals surface area (Å²) in [6, 6.07) is 5.60. The third kappa shape index (κ3) is 6.66. The Labute approximate surface area is 119 Å². The zero-order valence-corrected chi connectivity index (χ0v) is 11.0. The number of benzene rings is 1. The molecule has 0 spiro atoms. The number of aliphatic hydroxyl groups is 1. The van der Waals surface area contributed by atoms with Gasteiger partial charge >= 0.3 is 12.6 Å². The summed E-state index contributed by atoms with van der Waals surface area (Å²) >= 11 is 0. The number of halogens is 2. The van der Waals surface area contributed by atoms with Crippen molar-refractivity contribution in [3.05, 3.63) is 29.8 Å². The van der Waals surface area contributed by atoms with Crippen LogP contribution in [0.15, 0.2) is 24.3 Å². The lowest BCUT2D eigenvalue weighted by Crippen LogP contribution is -2.30. The largest absolute Gasteiger partial charge is 0.479 e. The molecule has 1 aromatic carbocycles. The minimum absolute atomic E-state index is 0.00117. The van der Waals surface area contributed by atoms with Crippen LogP contribution in [0.1, 0.15) is 12.0 Å². The molecule has 21 heavy (non-hydrogen) atoms. The van der Waals surface area contributed by atoms with E-state index in [-0.39, 0.29) is 31.0 Å². The Bertz CT molecular complexity index is 478. The summed E-state index contributed by atoms with van der Waals surface area (Å²) in [6.07, 6.45) is -1.60. The average Bonchev–Trinajstić information content (AvgIpc) is 2.40. The van der Waals surface area contributed by atoms with Crippen molar-refractivity contribution in [3.63, 3.8) is 0 Å². The van der Waals surface area contributed by atoms with E-state index in [2.05, 4.69) is 10.1 Å². The highest BCUT2D eigenvalue weighted by molar-refractivity contribution is 5.78. The summed E-state index contributed by atoms with van der Waals surface area (Å²) in [4.78, 5) is 21.9. The predicted molar refractivity (Wildman–Crippen MR) is 68.0 cm³/mol. The number of carboxylic acids is 1. The van der Waals surface area contributed by atoms with Gasteiger partial charge in [-0.05, 0) is 17.7 Å². The Morgan fingerprint density at radius 3 is 2.38 bits per heavy atom. The Balaban J connectivity index is 2.36. The van der Waals surface area contributed by atoms with Gasteiger partial charge < -0.3 is 20.3 Å². The number of ether oxygens (including phenoxy) is 1. The Hall–Kier alpha value is -2.22. The van der Waals surface area contributed by atoms with E-state index in [0.717, 1.165) is 0 Å². The van der Waals surface area contributed by atoms with Gasteiger partial charge in [-0.15, -0.1) is 0 Å². The van der Waals surface area contributed by atoms with E-state index >= 15 is 0 Å². The molecule has 0 aliphatic heterocycles. The van der Waals surface area contributed by atoms with E-state index in [9.17, 15) is 18.4 Å². The van der Waals surface area contributed by atoms with Gasteiger partial charge in [0, 0.05) is 13.0 Å². The molecule has 1 aromatic rings. The first-order chi connectivity index (χ1) is 9.88. The van der Waals surface area contributed by atoms with Gasteiger partial charge in [0.25, 0.3) is 0 Å². The van der Waals surface area contributed by atoms with Crippen LogP contribution in [-0.4, -0.2) is 41.3 Å². The standard InChI is InChI=1S/C13H15F2NO5/c14-13(15)21-9-3-1-8(2-4-9)7-11(18)16-6-5-10(17)12(19)20/h1-4,10,13,17H,5-7H2,(H,16,18)(H,19,20). The second-order valence-electron chi connectivity index (χ2n) is 4.19. The number of alkyl halides is 2.